The summed E-state index contributed by atoms with van der Waals surface area (Å²) in [6, 6.07) is 11.3. The average Bonchev–Trinajstić information content (AvgIpc) is 2.96. The molecule has 0 fully saturated rings. The lowest BCUT2D eigenvalue weighted by molar-refractivity contribution is 0.440. The minimum absolute atomic E-state index is 0.119. The number of nitrogens with one attached hydrogen (secondary N) is 1. The smallest absolute Gasteiger partial charge is 0.166 e. The Bertz CT molecular complexity index is 654. The SMILES string of the molecule is CNC(C)c1ccc(Oc2ccc3c(c2)CCC3)c(F)c1. The summed E-state index contributed by atoms with van der Waals surface area (Å²) < 4.78 is 19.9. The van der Waals surface area contributed by atoms with Crippen LogP contribution in [0.4, 0.5) is 4.39 Å². The van der Waals surface area contributed by atoms with Crippen LogP contribution >= 0.6 is 0 Å². The molecule has 0 bridgehead atoms. The van der Waals surface area contributed by atoms with Crippen LogP contribution in [-0.4, -0.2) is 7.05 Å². The Morgan fingerprint density at radius 2 is 1.90 bits per heavy atom. The Labute approximate surface area is 125 Å². The first kappa shape index (κ1) is 14.1. The summed E-state index contributed by atoms with van der Waals surface area (Å²) in [6.07, 6.45) is 3.43. The number of fused-ring (bicyclic) bond motifs is 1. The molecule has 0 amide bonds. The zero-order valence-corrected chi connectivity index (χ0v) is 12.4. The molecule has 2 aromatic rings. The van der Waals surface area contributed by atoms with Gasteiger partial charge >= 0.3 is 0 Å². The van der Waals surface area contributed by atoms with Gasteiger partial charge in [0, 0.05) is 6.04 Å². The fourth-order valence-corrected chi connectivity index (χ4v) is 2.77. The van der Waals surface area contributed by atoms with Gasteiger partial charge in [-0.3, -0.25) is 0 Å². The van der Waals surface area contributed by atoms with Crippen LogP contribution in [0, 0.1) is 5.82 Å². The third-order valence-electron chi connectivity index (χ3n) is 4.19. The Morgan fingerprint density at radius 1 is 1.10 bits per heavy atom. The lowest BCUT2D eigenvalue weighted by Gasteiger charge is -2.13. The number of ether oxygens (including phenoxy) is 1. The molecule has 0 aliphatic heterocycles. The highest BCUT2D eigenvalue weighted by Gasteiger charge is 2.13. The van der Waals surface area contributed by atoms with Crippen molar-refractivity contribution in [1.82, 2.24) is 5.32 Å². The van der Waals surface area contributed by atoms with Crippen LogP contribution in [0.1, 0.15) is 36.1 Å². The standard InChI is InChI=1S/C18H20FNO/c1-12(20-2)14-7-9-18(17(19)11-14)21-16-8-6-13-4-3-5-15(13)10-16/h6-12,20H,3-5H2,1-2H3. The third kappa shape index (κ3) is 2.93. The molecule has 2 nitrogen and oxygen atoms in total. The maximum atomic E-state index is 14.2. The van der Waals surface area contributed by atoms with Crippen molar-refractivity contribution in [3.8, 4) is 11.5 Å². The topological polar surface area (TPSA) is 21.3 Å². The van der Waals surface area contributed by atoms with E-state index < -0.39 is 0 Å². The molecule has 0 saturated heterocycles. The second-order valence-electron chi connectivity index (χ2n) is 5.59. The monoisotopic (exact) mass is 285 g/mol. The fourth-order valence-electron chi connectivity index (χ4n) is 2.77. The minimum Gasteiger partial charge on any atom is -0.454 e. The number of halogens is 1. The average molecular weight is 285 g/mol. The van der Waals surface area contributed by atoms with Crippen molar-refractivity contribution in [2.45, 2.75) is 32.2 Å². The molecular weight excluding hydrogens is 265 g/mol. The fraction of sp³-hybridized carbons (Fsp3) is 0.333. The molecule has 1 aliphatic rings. The molecule has 0 heterocycles. The van der Waals surface area contributed by atoms with Gasteiger partial charge in [0.05, 0.1) is 0 Å². The predicted molar refractivity (Wildman–Crippen MR) is 82.4 cm³/mol. The van der Waals surface area contributed by atoms with E-state index in [0.717, 1.165) is 18.4 Å². The van der Waals surface area contributed by atoms with Crippen LogP contribution in [0.5, 0.6) is 11.5 Å². The van der Waals surface area contributed by atoms with Gasteiger partial charge in [-0.05, 0) is 74.2 Å². The lowest BCUT2D eigenvalue weighted by atomic mass is 10.1. The molecule has 0 aromatic heterocycles. The number of rotatable bonds is 4. The van der Waals surface area contributed by atoms with Crippen molar-refractivity contribution >= 4 is 0 Å². The largest absolute Gasteiger partial charge is 0.454 e. The van der Waals surface area contributed by atoms with Gasteiger partial charge in [-0.1, -0.05) is 12.1 Å². The highest BCUT2D eigenvalue weighted by atomic mass is 19.1. The molecule has 3 heteroatoms. The van der Waals surface area contributed by atoms with Crippen LogP contribution in [0.2, 0.25) is 0 Å². The number of hydrogen-bond acceptors (Lipinski definition) is 2. The van der Waals surface area contributed by atoms with Crippen molar-refractivity contribution in [2.24, 2.45) is 0 Å². The number of hydrogen-bond donors (Lipinski definition) is 1. The normalized spacial score (nSPS) is 14.8. The van der Waals surface area contributed by atoms with Crippen LogP contribution < -0.4 is 10.1 Å². The van der Waals surface area contributed by atoms with Gasteiger partial charge in [0.1, 0.15) is 5.75 Å². The molecule has 2 aromatic carbocycles. The van der Waals surface area contributed by atoms with Gasteiger partial charge < -0.3 is 10.1 Å². The molecule has 1 atom stereocenters. The van der Waals surface area contributed by atoms with Gasteiger partial charge in [0.15, 0.2) is 11.6 Å². The molecule has 21 heavy (non-hydrogen) atoms. The van der Waals surface area contributed by atoms with Gasteiger partial charge in [-0.15, -0.1) is 0 Å². The van der Waals surface area contributed by atoms with Gasteiger partial charge in [-0.2, -0.15) is 0 Å². The van der Waals surface area contributed by atoms with E-state index in [1.165, 1.54) is 23.6 Å². The predicted octanol–water partition coefficient (Wildman–Crippen LogP) is 4.39. The summed E-state index contributed by atoms with van der Waals surface area (Å²) in [4.78, 5) is 0. The summed E-state index contributed by atoms with van der Waals surface area (Å²) in [6.45, 7) is 2.00. The first-order chi connectivity index (χ1) is 10.2. The molecule has 3 rings (SSSR count). The van der Waals surface area contributed by atoms with Crippen molar-refractivity contribution in [3.63, 3.8) is 0 Å². The second-order valence-corrected chi connectivity index (χ2v) is 5.59. The molecular formula is C18H20FNO. The Balaban J connectivity index is 1.81. The van der Waals surface area contributed by atoms with Crippen LogP contribution in [0.3, 0.4) is 0 Å². The van der Waals surface area contributed by atoms with Gasteiger partial charge in [0.2, 0.25) is 0 Å². The number of aryl methyl sites for hydroxylation is 2. The van der Waals surface area contributed by atoms with Crippen LogP contribution in [0.15, 0.2) is 36.4 Å². The van der Waals surface area contributed by atoms with Crippen molar-refractivity contribution < 1.29 is 9.13 Å². The zero-order valence-electron chi connectivity index (χ0n) is 12.4. The van der Waals surface area contributed by atoms with E-state index in [2.05, 4.69) is 11.4 Å². The Hall–Kier alpha value is -1.87. The van der Waals surface area contributed by atoms with E-state index in [4.69, 9.17) is 4.74 Å². The van der Waals surface area contributed by atoms with Gasteiger partial charge in [0.25, 0.3) is 0 Å². The van der Waals surface area contributed by atoms with E-state index in [0.29, 0.717) is 5.75 Å². The maximum absolute atomic E-state index is 14.2. The zero-order chi connectivity index (χ0) is 14.8. The van der Waals surface area contributed by atoms with E-state index in [9.17, 15) is 4.39 Å². The first-order valence-electron chi connectivity index (χ1n) is 7.44. The highest BCUT2D eigenvalue weighted by molar-refractivity contribution is 5.41. The van der Waals surface area contributed by atoms with E-state index >= 15 is 0 Å². The van der Waals surface area contributed by atoms with Gasteiger partial charge in [-0.25, -0.2) is 4.39 Å². The molecule has 1 unspecified atom stereocenters. The summed E-state index contributed by atoms with van der Waals surface area (Å²) >= 11 is 0. The third-order valence-corrected chi connectivity index (χ3v) is 4.19. The van der Waals surface area contributed by atoms with Crippen molar-refractivity contribution in [3.05, 3.63) is 58.9 Å². The van der Waals surface area contributed by atoms with E-state index in [1.807, 2.05) is 32.2 Å². The molecule has 1 N–H and O–H groups in total. The maximum Gasteiger partial charge on any atom is 0.166 e. The summed E-state index contributed by atoms with van der Waals surface area (Å²) in [5.74, 6) is 0.666. The highest BCUT2D eigenvalue weighted by Crippen LogP contribution is 2.31. The summed E-state index contributed by atoms with van der Waals surface area (Å²) in [5, 5.41) is 3.10. The van der Waals surface area contributed by atoms with Crippen molar-refractivity contribution in [1.29, 1.82) is 0 Å². The lowest BCUT2D eigenvalue weighted by Crippen LogP contribution is -2.12. The van der Waals surface area contributed by atoms with Crippen molar-refractivity contribution in [2.75, 3.05) is 7.05 Å². The Morgan fingerprint density at radius 3 is 2.67 bits per heavy atom. The van der Waals surface area contributed by atoms with E-state index in [-0.39, 0.29) is 17.6 Å². The molecule has 1 aliphatic carbocycles. The number of benzene rings is 2. The Kier molecular flexibility index (Phi) is 3.93. The molecule has 0 saturated carbocycles. The quantitative estimate of drug-likeness (QED) is 0.899. The van der Waals surface area contributed by atoms with Crippen LogP contribution in [-0.2, 0) is 12.8 Å². The molecule has 0 spiro atoms. The summed E-state index contributed by atoms with van der Waals surface area (Å²) in [7, 11) is 1.86. The first-order valence-corrected chi connectivity index (χ1v) is 7.44. The van der Waals surface area contributed by atoms with Crippen LogP contribution in [0.25, 0.3) is 0 Å². The second kappa shape index (κ2) is 5.86. The van der Waals surface area contributed by atoms with E-state index in [1.54, 1.807) is 6.07 Å². The minimum atomic E-state index is -0.324. The molecule has 0 radical (unpaired) electrons. The molecule has 110 valence electrons. The summed E-state index contributed by atoms with van der Waals surface area (Å²) in [5.41, 5.74) is 3.63.